The number of amides is 3. The van der Waals surface area contributed by atoms with Gasteiger partial charge in [0.2, 0.25) is 5.91 Å². The van der Waals surface area contributed by atoms with Crippen molar-refractivity contribution in [3.05, 3.63) is 70.8 Å². The normalized spacial score (nSPS) is 21.0. The Labute approximate surface area is 163 Å². The van der Waals surface area contributed by atoms with Gasteiger partial charge in [0.1, 0.15) is 0 Å². The van der Waals surface area contributed by atoms with Gasteiger partial charge in [0.15, 0.2) is 5.78 Å². The molecular formula is C22H23N3O3. The maximum absolute atomic E-state index is 12.4. The van der Waals surface area contributed by atoms with E-state index in [2.05, 4.69) is 16.0 Å². The lowest BCUT2D eigenvalue weighted by molar-refractivity contribution is -0.123. The topological polar surface area (TPSA) is 87.3 Å². The number of piperidine rings is 1. The van der Waals surface area contributed by atoms with Gasteiger partial charge in [-0.2, -0.15) is 0 Å². The van der Waals surface area contributed by atoms with Crippen LogP contribution < -0.4 is 16.0 Å². The molecular weight excluding hydrogens is 354 g/mol. The van der Waals surface area contributed by atoms with Crippen molar-refractivity contribution in [3.63, 3.8) is 0 Å². The highest BCUT2D eigenvalue weighted by Gasteiger charge is 2.30. The molecule has 0 aromatic heterocycles. The first-order chi connectivity index (χ1) is 13.6. The van der Waals surface area contributed by atoms with Crippen LogP contribution in [0.3, 0.4) is 0 Å². The van der Waals surface area contributed by atoms with Crippen molar-refractivity contribution in [1.29, 1.82) is 0 Å². The van der Waals surface area contributed by atoms with E-state index in [1.807, 2.05) is 48.5 Å². The molecule has 6 nitrogen and oxygen atoms in total. The Morgan fingerprint density at radius 1 is 1.04 bits per heavy atom. The van der Waals surface area contributed by atoms with Crippen LogP contribution in [0.4, 0.5) is 4.79 Å². The zero-order chi connectivity index (χ0) is 19.5. The highest BCUT2D eigenvalue weighted by atomic mass is 16.2. The van der Waals surface area contributed by atoms with E-state index in [-0.39, 0.29) is 29.8 Å². The summed E-state index contributed by atoms with van der Waals surface area (Å²) >= 11 is 0. The van der Waals surface area contributed by atoms with E-state index in [1.54, 1.807) is 0 Å². The zero-order valence-corrected chi connectivity index (χ0v) is 15.5. The summed E-state index contributed by atoms with van der Waals surface area (Å²) < 4.78 is 0. The first-order valence-electron chi connectivity index (χ1n) is 9.64. The van der Waals surface area contributed by atoms with E-state index >= 15 is 0 Å². The second kappa shape index (κ2) is 7.84. The van der Waals surface area contributed by atoms with Crippen molar-refractivity contribution in [1.82, 2.24) is 16.0 Å². The lowest BCUT2D eigenvalue weighted by atomic mass is 9.92. The molecule has 1 aliphatic carbocycles. The lowest BCUT2D eigenvalue weighted by Gasteiger charge is -2.33. The lowest BCUT2D eigenvalue weighted by Crippen LogP contribution is -2.52. The standard InChI is InChI=1S/C22H23N3O3/c26-19-10-7-16-12-14(6-8-17(16)19)13-23-22(28)24-18-9-11-20(27)25-21(18)15-4-2-1-3-5-15/h1-6,8,12,18,21H,7,9-11,13H2,(H,25,27)(H2,23,24,28)/t18-,21+/m1/s1. The van der Waals surface area contributed by atoms with Crippen LogP contribution in [0.5, 0.6) is 0 Å². The molecule has 0 bridgehead atoms. The minimum Gasteiger partial charge on any atom is -0.347 e. The number of aryl methyl sites for hydroxylation is 1. The smallest absolute Gasteiger partial charge is 0.315 e. The Balaban J connectivity index is 1.37. The number of nitrogens with one attached hydrogen (secondary N) is 3. The number of rotatable bonds is 4. The molecule has 1 aliphatic heterocycles. The van der Waals surface area contributed by atoms with Crippen LogP contribution >= 0.6 is 0 Å². The van der Waals surface area contributed by atoms with Gasteiger partial charge >= 0.3 is 6.03 Å². The number of hydrogen-bond donors (Lipinski definition) is 3. The van der Waals surface area contributed by atoms with E-state index in [9.17, 15) is 14.4 Å². The molecule has 4 rings (SSSR count). The summed E-state index contributed by atoms with van der Waals surface area (Å²) in [5.41, 5.74) is 3.81. The second-order valence-corrected chi connectivity index (χ2v) is 7.34. The summed E-state index contributed by atoms with van der Waals surface area (Å²) in [4.78, 5) is 36.0. The number of carbonyl (C=O) groups is 3. The fraction of sp³-hybridized carbons (Fsp3) is 0.318. The van der Waals surface area contributed by atoms with Crippen LogP contribution in [0.1, 0.15) is 52.4 Å². The van der Waals surface area contributed by atoms with Gasteiger partial charge in [-0.1, -0.05) is 48.5 Å². The quantitative estimate of drug-likeness (QED) is 0.765. The molecule has 0 unspecified atom stereocenters. The Morgan fingerprint density at radius 2 is 1.86 bits per heavy atom. The van der Waals surface area contributed by atoms with Crippen LogP contribution in [0.2, 0.25) is 0 Å². The first kappa shape index (κ1) is 18.2. The van der Waals surface area contributed by atoms with Gasteiger partial charge in [-0.25, -0.2) is 4.79 Å². The third-order valence-electron chi connectivity index (χ3n) is 5.42. The van der Waals surface area contributed by atoms with Gasteiger partial charge in [-0.05, 0) is 29.5 Å². The molecule has 2 atom stereocenters. The third kappa shape index (κ3) is 3.91. The summed E-state index contributed by atoms with van der Waals surface area (Å²) in [5, 5.41) is 8.86. The summed E-state index contributed by atoms with van der Waals surface area (Å²) in [5.74, 6) is 0.193. The molecule has 0 spiro atoms. The monoisotopic (exact) mass is 377 g/mol. The molecule has 1 saturated heterocycles. The predicted molar refractivity (Wildman–Crippen MR) is 105 cm³/mol. The number of Topliss-reactive ketones (excluding diaryl/α,β-unsaturated/α-hetero) is 1. The molecule has 6 heteroatoms. The summed E-state index contributed by atoms with van der Waals surface area (Å²) in [7, 11) is 0. The number of benzene rings is 2. The van der Waals surface area contributed by atoms with Gasteiger partial charge in [0, 0.05) is 24.9 Å². The molecule has 2 aliphatic rings. The van der Waals surface area contributed by atoms with Gasteiger partial charge in [-0.15, -0.1) is 0 Å². The zero-order valence-electron chi connectivity index (χ0n) is 15.5. The van der Waals surface area contributed by atoms with Crippen molar-refractivity contribution in [2.45, 2.75) is 44.3 Å². The Hall–Kier alpha value is -3.15. The number of fused-ring (bicyclic) bond motifs is 1. The Kier molecular flexibility index (Phi) is 5.10. The van der Waals surface area contributed by atoms with E-state index in [4.69, 9.17) is 0 Å². The van der Waals surface area contributed by atoms with Crippen LogP contribution in [0, 0.1) is 0 Å². The van der Waals surface area contributed by atoms with Crippen LogP contribution in [0.15, 0.2) is 48.5 Å². The van der Waals surface area contributed by atoms with Crippen LogP contribution in [-0.4, -0.2) is 23.8 Å². The third-order valence-corrected chi connectivity index (χ3v) is 5.42. The molecule has 0 saturated carbocycles. The van der Waals surface area contributed by atoms with Crippen LogP contribution in [0.25, 0.3) is 0 Å². The van der Waals surface area contributed by atoms with E-state index in [0.29, 0.717) is 25.8 Å². The Morgan fingerprint density at radius 3 is 2.68 bits per heavy atom. The average Bonchev–Trinajstić information content (AvgIpc) is 3.09. The van der Waals surface area contributed by atoms with E-state index < -0.39 is 0 Å². The summed E-state index contributed by atoms with van der Waals surface area (Å²) in [6.07, 6.45) is 2.34. The fourth-order valence-electron chi connectivity index (χ4n) is 3.95. The molecule has 1 fully saturated rings. The molecule has 1 heterocycles. The number of carbonyl (C=O) groups excluding carboxylic acids is 3. The van der Waals surface area contributed by atoms with Gasteiger partial charge in [-0.3, -0.25) is 9.59 Å². The molecule has 0 radical (unpaired) electrons. The highest BCUT2D eigenvalue weighted by molar-refractivity contribution is 6.00. The van der Waals surface area contributed by atoms with Gasteiger partial charge in [0.05, 0.1) is 12.1 Å². The molecule has 2 aromatic rings. The minimum atomic E-state index is -0.265. The van der Waals surface area contributed by atoms with Gasteiger partial charge in [0.25, 0.3) is 0 Å². The van der Waals surface area contributed by atoms with Crippen molar-refractivity contribution < 1.29 is 14.4 Å². The molecule has 3 N–H and O–H groups in total. The highest BCUT2D eigenvalue weighted by Crippen LogP contribution is 2.24. The molecule has 28 heavy (non-hydrogen) atoms. The van der Waals surface area contributed by atoms with E-state index in [0.717, 1.165) is 28.7 Å². The fourth-order valence-corrected chi connectivity index (χ4v) is 3.95. The average molecular weight is 377 g/mol. The minimum absolute atomic E-state index is 0.000000629. The SMILES string of the molecule is O=C1CC[C@@H](NC(=O)NCc2ccc3c(c2)CCC3=O)[C@H](c2ccccc2)N1. The molecule has 144 valence electrons. The van der Waals surface area contributed by atoms with Crippen molar-refractivity contribution in [2.75, 3.05) is 0 Å². The predicted octanol–water partition coefficient (Wildman–Crippen LogP) is 2.63. The van der Waals surface area contributed by atoms with Crippen molar-refractivity contribution in [2.24, 2.45) is 0 Å². The van der Waals surface area contributed by atoms with Crippen molar-refractivity contribution in [3.8, 4) is 0 Å². The summed E-state index contributed by atoms with van der Waals surface area (Å²) in [6, 6.07) is 14.7. The van der Waals surface area contributed by atoms with Crippen LogP contribution in [-0.2, 0) is 17.8 Å². The number of urea groups is 1. The van der Waals surface area contributed by atoms with Gasteiger partial charge < -0.3 is 16.0 Å². The Bertz CT molecular complexity index is 910. The molecule has 2 aromatic carbocycles. The molecule has 3 amide bonds. The second-order valence-electron chi connectivity index (χ2n) is 7.34. The van der Waals surface area contributed by atoms with E-state index in [1.165, 1.54) is 0 Å². The number of hydrogen-bond acceptors (Lipinski definition) is 3. The van der Waals surface area contributed by atoms with Crippen molar-refractivity contribution >= 4 is 17.7 Å². The summed E-state index contributed by atoms with van der Waals surface area (Å²) in [6.45, 7) is 0.391. The largest absolute Gasteiger partial charge is 0.347 e. The first-order valence-corrected chi connectivity index (χ1v) is 9.64. The maximum atomic E-state index is 12.4. The number of ketones is 1. The maximum Gasteiger partial charge on any atom is 0.315 e.